The number of nitrogens with zero attached hydrogens (tertiary/aromatic N) is 1. The molecule has 0 amide bonds. The number of hydrogen-bond donors (Lipinski definition) is 0. The highest BCUT2D eigenvalue weighted by Crippen LogP contribution is 2.23. The Bertz CT molecular complexity index is 397. The molecule has 0 radical (unpaired) electrons. The summed E-state index contributed by atoms with van der Waals surface area (Å²) in [7, 11) is 1.26. The maximum atomic E-state index is 13.5. The van der Waals surface area contributed by atoms with Crippen LogP contribution in [-0.4, -0.2) is 44.9 Å². The molecule has 1 fully saturated rings. The molecule has 1 saturated heterocycles. The third-order valence-electron chi connectivity index (χ3n) is 3.31. The van der Waals surface area contributed by atoms with Gasteiger partial charge < -0.3 is 9.47 Å². The number of rotatable bonds is 5. The van der Waals surface area contributed by atoms with Crippen LogP contribution in [0.5, 0.6) is 5.75 Å². The molecular formula is C14H19F2NO2. The Morgan fingerprint density at radius 3 is 2.42 bits per heavy atom. The van der Waals surface area contributed by atoms with Crippen LogP contribution in [-0.2, 0) is 11.2 Å². The van der Waals surface area contributed by atoms with Crippen LogP contribution in [0.15, 0.2) is 12.1 Å². The van der Waals surface area contributed by atoms with Crippen molar-refractivity contribution in [3.8, 4) is 5.75 Å². The summed E-state index contributed by atoms with van der Waals surface area (Å²) >= 11 is 0. The Morgan fingerprint density at radius 1 is 1.21 bits per heavy atom. The first kappa shape index (κ1) is 14.2. The van der Waals surface area contributed by atoms with Crippen molar-refractivity contribution in [2.45, 2.75) is 12.8 Å². The number of methoxy groups -OCH3 is 1. The van der Waals surface area contributed by atoms with Crippen LogP contribution >= 0.6 is 0 Å². The fourth-order valence-corrected chi connectivity index (χ4v) is 2.28. The Labute approximate surface area is 112 Å². The minimum atomic E-state index is -0.635. The van der Waals surface area contributed by atoms with Crippen molar-refractivity contribution < 1.29 is 18.3 Å². The molecule has 0 spiro atoms. The van der Waals surface area contributed by atoms with Gasteiger partial charge in [0.15, 0.2) is 17.4 Å². The first-order valence-electron chi connectivity index (χ1n) is 6.52. The van der Waals surface area contributed by atoms with Gasteiger partial charge in [-0.1, -0.05) is 0 Å². The Balaban J connectivity index is 1.85. The zero-order valence-electron chi connectivity index (χ0n) is 11.1. The van der Waals surface area contributed by atoms with Crippen LogP contribution in [0.1, 0.15) is 12.0 Å². The minimum absolute atomic E-state index is 0.308. The highest BCUT2D eigenvalue weighted by molar-refractivity contribution is 5.31. The second-order valence-corrected chi connectivity index (χ2v) is 4.65. The smallest absolute Gasteiger partial charge is 0.190 e. The summed E-state index contributed by atoms with van der Waals surface area (Å²) in [5.74, 6) is -1.58. The fraction of sp³-hybridized carbons (Fsp3) is 0.571. The van der Waals surface area contributed by atoms with Gasteiger partial charge in [0.05, 0.1) is 20.3 Å². The summed E-state index contributed by atoms with van der Waals surface area (Å²) in [5.41, 5.74) is 0.670. The van der Waals surface area contributed by atoms with E-state index in [1.165, 1.54) is 19.2 Å². The molecule has 3 nitrogen and oxygen atoms in total. The molecular weight excluding hydrogens is 252 g/mol. The lowest BCUT2D eigenvalue weighted by Gasteiger charge is -2.26. The first-order valence-corrected chi connectivity index (χ1v) is 6.52. The van der Waals surface area contributed by atoms with E-state index < -0.39 is 11.6 Å². The molecule has 0 unspecified atom stereocenters. The number of benzene rings is 1. The van der Waals surface area contributed by atoms with Crippen LogP contribution in [0.2, 0.25) is 0 Å². The third kappa shape index (κ3) is 3.88. The molecule has 5 heteroatoms. The molecule has 1 heterocycles. The van der Waals surface area contributed by atoms with Gasteiger partial charge in [-0.3, -0.25) is 4.90 Å². The van der Waals surface area contributed by atoms with Crippen LogP contribution in [0.3, 0.4) is 0 Å². The van der Waals surface area contributed by atoms with Crippen molar-refractivity contribution in [2.24, 2.45) is 0 Å². The summed E-state index contributed by atoms with van der Waals surface area (Å²) < 4.78 is 36.9. The zero-order valence-corrected chi connectivity index (χ0v) is 11.1. The van der Waals surface area contributed by atoms with Crippen molar-refractivity contribution in [1.82, 2.24) is 4.90 Å². The van der Waals surface area contributed by atoms with E-state index in [4.69, 9.17) is 4.74 Å². The summed E-state index contributed by atoms with van der Waals surface area (Å²) in [5, 5.41) is 0. The quantitative estimate of drug-likeness (QED) is 0.820. The third-order valence-corrected chi connectivity index (χ3v) is 3.31. The summed E-state index contributed by atoms with van der Waals surface area (Å²) in [4.78, 5) is 2.31. The van der Waals surface area contributed by atoms with E-state index in [2.05, 4.69) is 9.64 Å². The zero-order chi connectivity index (χ0) is 13.7. The molecule has 0 aromatic heterocycles. The molecule has 1 aliphatic rings. The summed E-state index contributed by atoms with van der Waals surface area (Å²) in [6, 6.07) is 2.70. The van der Waals surface area contributed by atoms with Crippen molar-refractivity contribution in [2.75, 3.05) is 40.0 Å². The van der Waals surface area contributed by atoms with Gasteiger partial charge >= 0.3 is 0 Å². The topological polar surface area (TPSA) is 21.7 Å². The minimum Gasteiger partial charge on any atom is -0.491 e. The predicted molar refractivity (Wildman–Crippen MR) is 68.5 cm³/mol. The molecule has 106 valence electrons. The van der Waals surface area contributed by atoms with Crippen LogP contribution in [0, 0.1) is 11.6 Å². The second-order valence-electron chi connectivity index (χ2n) is 4.65. The Morgan fingerprint density at radius 2 is 1.84 bits per heavy atom. The molecule has 0 atom stereocenters. The molecule has 0 N–H and O–H groups in total. The van der Waals surface area contributed by atoms with Gasteiger partial charge in [0.25, 0.3) is 0 Å². The number of halogens is 2. The van der Waals surface area contributed by atoms with Crippen LogP contribution in [0.25, 0.3) is 0 Å². The molecule has 19 heavy (non-hydrogen) atoms. The van der Waals surface area contributed by atoms with Crippen molar-refractivity contribution >= 4 is 0 Å². The van der Waals surface area contributed by atoms with Crippen LogP contribution < -0.4 is 4.74 Å². The van der Waals surface area contributed by atoms with E-state index >= 15 is 0 Å². The maximum absolute atomic E-state index is 13.5. The van der Waals surface area contributed by atoms with Crippen LogP contribution in [0.4, 0.5) is 8.78 Å². The fourth-order valence-electron chi connectivity index (χ4n) is 2.28. The van der Waals surface area contributed by atoms with E-state index in [1.807, 2.05) is 0 Å². The largest absolute Gasteiger partial charge is 0.491 e. The molecule has 1 aromatic carbocycles. The van der Waals surface area contributed by atoms with Gasteiger partial charge in [0.2, 0.25) is 0 Å². The van der Waals surface area contributed by atoms with Crippen molar-refractivity contribution in [1.29, 1.82) is 0 Å². The van der Waals surface area contributed by atoms with Crippen molar-refractivity contribution in [3.05, 3.63) is 29.3 Å². The molecule has 1 aromatic rings. The Hall–Kier alpha value is -1.20. The number of morpholine rings is 1. The van der Waals surface area contributed by atoms with E-state index in [1.54, 1.807) is 0 Å². The SMILES string of the molecule is COc1c(F)cc(CCCN2CCOCC2)cc1F. The summed E-state index contributed by atoms with van der Waals surface area (Å²) in [6.45, 7) is 4.34. The average Bonchev–Trinajstić information content (AvgIpc) is 2.40. The normalized spacial score (nSPS) is 16.6. The van der Waals surface area contributed by atoms with Gasteiger partial charge in [0.1, 0.15) is 0 Å². The van der Waals surface area contributed by atoms with Gasteiger partial charge in [-0.15, -0.1) is 0 Å². The molecule has 1 aliphatic heterocycles. The second kappa shape index (κ2) is 6.82. The monoisotopic (exact) mass is 271 g/mol. The summed E-state index contributed by atoms with van der Waals surface area (Å²) in [6.07, 6.45) is 1.54. The van der Waals surface area contributed by atoms with Gasteiger partial charge in [0, 0.05) is 13.1 Å². The van der Waals surface area contributed by atoms with Gasteiger partial charge in [-0.25, -0.2) is 8.78 Å². The lowest BCUT2D eigenvalue weighted by molar-refractivity contribution is 0.0374. The predicted octanol–water partition coefficient (Wildman–Crippen LogP) is 2.24. The number of ether oxygens (including phenoxy) is 2. The maximum Gasteiger partial charge on any atom is 0.190 e. The first-order chi connectivity index (χ1) is 9.20. The van der Waals surface area contributed by atoms with Gasteiger partial charge in [-0.05, 0) is 37.1 Å². The average molecular weight is 271 g/mol. The molecule has 2 rings (SSSR count). The van der Waals surface area contributed by atoms with Gasteiger partial charge in [-0.2, -0.15) is 0 Å². The molecule has 0 aliphatic carbocycles. The lowest BCUT2D eigenvalue weighted by Crippen LogP contribution is -2.36. The molecule has 0 bridgehead atoms. The van der Waals surface area contributed by atoms with E-state index in [-0.39, 0.29) is 5.75 Å². The number of hydrogen-bond acceptors (Lipinski definition) is 3. The highest BCUT2D eigenvalue weighted by atomic mass is 19.1. The van der Waals surface area contributed by atoms with E-state index in [0.29, 0.717) is 12.0 Å². The van der Waals surface area contributed by atoms with E-state index in [0.717, 1.165) is 39.3 Å². The van der Waals surface area contributed by atoms with Crippen molar-refractivity contribution in [3.63, 3.8) is 0 Å². The lowest BCUT2D eigenvalue weighted by atomic mass is 10.1. The standard InChI is InChI=1S/C14H19F2NO2/c1-18-14-12(15)9-11(10-13(14)16)3-2-4-17-5-7-19-8-6-17/h9-10H,2-8H2,1H3. The van der Waals surface area contributed by atoms with E-state index in [9.17, 15) is 8.78 Å². The molecule has 0 saturated carbocycles. The Kier molecular flexibility index (Phi) is 5.10. The number of aryl methyl sites for hydroxylation is 1. The highest BCUT2D eigenvalue weighted by Gasteiger charge is 2.13.